The fourth-order valence-electron chi connectivity index (χ4n) is 4.30. The summed E-state index contributed by atoms with van der Waals surface area (Å²) >= 11 is 0. The van der Waals surface area contributed by atoms with Crippen LogP contribution in [0.4, 0.5) is 4.79 Å². The lowest BCUT2D eigenvalue weighted by Gasteiger charge is -2.29. The Morgan fingerprint density at radius 3 is 2.19 bits per heavy atom. The van der Waals surface area contributed by atoms with Crippen molar-refractivity contribution in [2.75, 3.05) is 6.54 Å². The Morgan fingerprint density at radius 1 is 1.00 bits per heavy atom. The van der Waals surface area contributed by atoms with E-state index in [9.17, 15) is 14.4 Å². The van der Waals surface area contributed by atoms with Crippen molar-refractivity contribution in [2.45, 2.75) is 71.8 Å². The first-order chi connectivity index (χ1) is 17.5. The first-order valence-corrected chi connectivity index (χ1v) is 12.8. The molecule has 0 fully saturated rings. The van der Waals surface area contributed by atoms with Crippen LogP contribution in [0.25, 0.3) is 0 Å². The van der Waals surface area contributed by atoms with Crippen LogP contribution in [0.1, 0.15) is 52.2 Å². The second kappa shape index (κ2) is 12.6. The second-order valence-electron chi connectivity index (χ2n) is 10.5. The van der Waals surface area contributed by atoms with Gasteiger partial charge in [0.05, 0.1) is 12.0 Å². The highest BCUT2D eigenvalue weighted by Gasteiger charge is 2.34. The van der Waals surface area contributed by atoms with Crippen molar-refractivity contribution >= 4 is 18.0 Å². The Kier molecular flexibility index (Phi) is 9.50. The molecule has 0 aromatic heterocycles. The lowest BCUT2D eigenvalue weighted by atomic mass is 9.94. The molecule has 0 radical (unpaired) electrons. The summed E-state index contributed by atoms with van der Waals surface area (Å²) < 4.78 is 10.9. The highest BCUT2D eigenvalue weighted by Crippen LogP contribution is 2.25. The van der Waals surface area contributed by atoms with E-state index in [4.69, 9.17) is 9.47 Å². The molecule has 1 N–H and O–H groups in total. The Bertz CT molecular complexity index is 1090. The third-order valence-electron chi connectivity index (χ3n) is 6.28. The minimum atomic E-state index is -0.739. The van der Waals surface area contributed by atoms with E-state index in [0.29, 0.717) is 19.4 Å². The van der Waals surface area contributed by atoms with Crippen molar-refractivity contribution in [2.24, 2.45) is 5.92 Å². The molecule has 2 amide bonds. The molecule has 0 bridgehead atoms. The van der Waals surface area contributed by atoms with Gasteiger partial charge in [0.1, 0.15) is 18.2 Å². The number of carbonyl (C=O) groups excluding carboxylic acids is 3. The topological polar surface area (TPSA) is 84.9 Å². The Morgan fingerprint density at radius 2 is 1.59 bits per heavy atom. The molecule has 1 aliphatic heterocycles. The van der Waals surface area contributed by atoms with Gasteiger partial charge in [-0.1, -0.05) is 66.7 Å². The van der Waals surface area contributed by atoms with E-state index in [0.717, 1.165) is 16.7 Å². The zero-order chi connectivity index (χ0) is 27.0. The molecule has 3 atom stereocenters. The molecule has 0 aliphatic carbocycles. The van der Waals surface area contributed by atoms with E-state index in [1.807, 2.05) is 94.4 Å². The Hall–Kier alpha value is -3.61. The number of carbonyl (C=O) groups is 3. The van der Waals surface area contributed by atoms with Crippen LogP contribution in [0.5, 0.6) is 0 Å². The van der Waals surface area contributed by atoms with Gasteiger partial charge in [0.15, 0.2) is 0 Å². The molecule has 0 spiro atoms. The van der Waals surface area contributed by atoms with Gasteiger partial charge >= 0.3 is 12.1 Å². The van der Waals surface area contributed by atoms with Gasteiger partial charge in [0.25, 0.3) is 0 Å². The number of nitrogens with zero attached hydrogens (tertiary/aromatic N) is 1. The molecule has 0 saturated carbocycles. The average Bonchev–Trinajstić information content (AvgIpc) is 3.01. The van der Waals surface area contributed by atoms with E-state index in [1.165, 1.54) is 0 Å². The van der Waals surface area contributed by atoms with E-state index in [-0.39, 0.29) is 18.6 Å². The fraction of sp³-hybridized carbons (Fsp3) is 0.433. The summed E-state index contributed by atoms with van der Waals surface area (Å²) in [5.41, 5.74) is 2.22. The summed E-state index contributed by atoms with van der Waals surface area (Å²) in [7, 11) is 0. The number of amides is 2. The molecule has 198 valence electrons. The monoisotopic (exact) mass is 506 g/mol. The van der Waals surface area contributed by atoms with Crippen molar-refractivity contribution in [1.82, 2.24) is 10.2 Å². The van der Waals surface area contributed by atoms with Gasteiger partial charge in [0.2, 0.25) is 5.91 Å². The number of ether oxygens (including phenoxy) is 2. The van der Waals surface area contributed by atoms with Crippen LogP contribution in [-0.4, -0.2) is 47.1 Å². The minimum absolute atomic E-state index is 0.132. The molecular formula is C30H38N2O5. The van der Waals surface area contributed by atoms with Gasteiger partial charge in [-0.05, 0) is 64.2 Å². The maximum atomic E-state index is 13.7. The summed E-state index contributed by atoms with van der Waals surface area (Å²) in [5.74, 6) is -1.06. The first kappa shape index (κ1) is 28.0. The minimum Gasteiger partial charge on any atom is -0.459 e. The molecule has 1 heterocycles. The molecule has 7 heteroatoms. The van der Waals surface area contributed by atoms with Gasteiger partial charge in [-0.2, -0.15) is 0 Å². The highest BCUT2D eigenvalue weighted by molar-refractivity contribution is 5.87. The lowest BCUT2D eigenvalue weighted by molar-refractivity contribution is -0.156. The average molecular weight is 507 g/mol. The van der Waals surface area contributed by atoms with Gasteiger partial charge in [-0.15, -0.1) is 0 Å². The largest absolute Gasteiger partial charge is 0.459 e. The number of nitrogens with one attached hydrogen (secondary N) is 1. The fourth-order valence-corrected chi connectivity index (χ4v) is 4.30. The summed E-state index contributed by atoms with van der Waals surface area (Å²) in [4.78, 5) is 40.6. The van der Waals surface area contributed by atoms with E-state index >= 15 is 0 Å². The maximum Gasteiger partial charge on any atom is 0.408 e. The van der Waals surface area contributed by atoms with Crippen molar-refractivity contribution in [3.63, 3.8) is 0 Å². The van der Waals surface area contributed by atoms with Crippen LogP contribution in [0.2, 0.25) is 0 Å². The van der Waals surface area contributed by atoms with E-state index in [2.05, 4.69) is 5.32 Å². The molecular weight excluding hydrogens is 468 g/mol. The molecule has 2 aromatic carbocycles. The van der Waals surface area contributed by atoms with Gasteiger partial charge < -0.3 is 19.7 Å². The van der Waals surface area contributed by atoms with Crippen LogP contribution in [0, 0.1) is 5.92 Å². The summed E-state index contributed by atoms with van der Waals surface area (Å²) in [6.45, 7) is 9.52. The molecule has 0 saturated heterocycles. The van der Waals surface area contributed by atoms with Crippen LogP contribution in [-0.2, 0) is 32.1 Å². The van der Waals surface area contributed by atoms with Crippen molar-refractivity contribution in [3.05, 3.63) is 83.4 Å². The van der Waals surface area contributed by atoms with Crippen LogP contribution < -0.4 is 5.32 Å². The quantitative estimate of drug-likeness (QED) is 0.400. The Balaban J connectivity index is 1.76. The summed E-state index contributed by atoms with van der Waals surface area (Å²) in [6, 6.07) is 18.2. The van der Waals surface area contributed by atoms with E-state index in [1.54, 1.807) is 11.8 Å². The van der Waals surface area contributed by atoms with Gasteiger partial charge in [0, 0.05) is 6.54 Å². The van der Waals surface area contributed by atoms with Crippen molar-refractivity contribution < 1.29 is 23.9 Å². The number of hydrogen-bond donors (Lipinski definition) is 1. The van der Waals surface area contributed by atoms with Crippen molar-refractivity contribution in [3.8, 4) is 0 Å². The number of rotatable bonds is 8. The highest BCUT2D eigenvalue weighted by atomic mass is 16.6. The van der Waals surface area contributed by atoms with Crippen molar-refractivity contribution in [1.29, 1.82) is 0 Å². The standard InChI is InChI=1S/C30H38N2O5/c1-21(31-29(35)37-30(3,4)5)25-16-17-32(22(2)28(34)36-20-24-14-10-7-11-15-24)27(33)26(19-25)18-23-12-8-6-9-13-23/h6-15,19,21-22,26H,16-18,20H2,1-5H3,(H,31,35). The predicted molar refractivity (Wildman–Crippen MR) is 143 cm³/mol. The molecule has 3 rings (SSSR count). The third-order valence-corrected chi connectivity index (χ3v) is 6.28. The second-order valence-corrected chi connectivity index (χ2v) is 10.5. The molecule has 1 aliphatic rings. The Labute approximate surface area is 219 Å². The van der Waals surface area contributed by atoms with Crippen LogP contribution in [0.3, 0.4) is 0 Å². The van der Waals surface area contributed by atoms with Gasteiger partial charge in [-0.25, -0.2) is 9.59 Å². The molecule has 3 unspecified atom stereocenters. The lowest BCUT2D eigenvalue weighted by Crippen LogP contribution is -2.46. The number of benzene rings is 2. The molecule has 2 aromatic rings. The van der Waals surface area contributed by atoms with Gasteiger partial charge in [-0.3, -0.25) is 4.79 Å². The zero-order valence-corrected chi connectivity index (χ0v) is 22.4. The summed E-state index contributed by atoms with van der Waals surface area (Å²) in [6.07, 6.45) is 2.44. The molecule has 7 nitrogen and oxygen atoms in total. The maximum absolute atomic E-state index is 13.7. The first-order valence-electron chi connectivity index (χ1n) is 12.8. The predicted octanol–water partition coefficient (Wildman–Crippen LogP) is 5.05. The van der Waals surface area contributed by atoms with Crippen LogP contribution >= 0.6 is 0 Å². The zero-order valence-electron chi connectivity index (χ0n) is 22.4. The smallest absolute Gasteiger partial charge is 0.408 e. The number of hydrogen-bond acceptors (Lipinski definition) is 5. The SMILES string of the molecule is CC(NC(=O)OC(C)(C)C)C1=CC(Cc2ccccc2)C(=O)N(C(C)C(=O)OCc2ccccc2)CC1. The molecule has 37 heavy (non-hydrogen) atoms. The number of esters is 1. The normalized spacial score (nSPS) is 17.8. The third kappa shape index (κ3) is 8.48. The summed E-state index contributed by atoms with van der Waals surface area (Å²) in [5, 5.41) is 2.89. The van der Waals surface area contributed by atoms with Crippen LogP contribution in [0.15, 0.2) is 72.3 Å². The van der Waals surface area contributed by atoms with E-state index < -0.39 is 29.6 Å². The number of alkyl carbamates (subject to hydrolysis) is 1.